The molecule has 3 rings (SSSR count). The SMILES string of the molecule is COCCN1C(=O)C[C@@H](C(=O)N2CCCC2)[C@@H]1c1ccccc1OC. The van der Waals surface area contributed by atoms with E-state index in [1.165, 1.54) is 0 Å². The van der Waals surface area contributed by atoms with E-state index in [9.17, 15) is 9.59 Å². The van der Waals surface area contributed by atoms with Crippen LogP contribution in [0.3, 0.4) is 0 Å². The monoisotopic (exact) mass is 346 g/mol. The summed E-state index contributed by atoms with van der Waals surface area (Å²) in [5, 5.41) is 0. The minimum Gasteiger partial charge on any atom is -0.496 e. The molecular formula is C19H26N2O4. The van der Waals surface area contributed by atoms with Gasteiger partial charge in [0.1, 0.15) is 5.75 Å². The van der Waals surface area contributed by atoms with Crippen LogP contribution in [-0.4, -0.2) is 62.1 Å². The summed E-state index contributed by atoms with van der Waals surface area (Å²) in [7, 11) is 3.23. The molecule has 136 valence electrons. The predicted molar refractivity (Wildman–Crippen MR) is 93.2 cm³/mol. The van der Waals surface area contributed by atoms with E-state index in [-0.39, 0.29) is 30.2 Å². The van der Waals surface area contributed by atoms with Gasteiger partial charge in [-0.1, -0.05) is 18.2 Å². The zero-order chi connectivity index (χ0) is 17.8. The van der Waals surface area contributed by atoms with Crippen LogP contribution in [-0.2, 0) is 14.3 Å². The van der Waals surface area contributed by atoms with Gasteiger partial charge in [0.15, 0.2) is 0 Å². The highest BCUT2D eigenvalue weighted by Crippen LogP contribution is 2.42. The van der Waals surface area contributed by atoms with Crippen molar-refractivity contribution in [1.29, 1.82) is 0 Å². The Morgan fingerprint density at radius 2 is 1.92 bits per heavy atom. The van der Waals surface area contributed by atoms with Gasteiger partial charge in [0, 0.05) is 38.7 Å². The second-order valence-electron chi connectivity index (χ2n) is 6.61. The third kappa shape index (κ3) is 3.49. The third-order valence-electron chi connectivity index (χ3n) is 5.16. The van der Waals surface area contributed by atoms with Crippen LogP contribution in [0.5, 0.6) is 5.75 Å². The first kappa shape index (κ1) is 17.7. The van der Waals surface area contributed by atoms with Gasteiger partial charge in [-0.25, -0.2) is 0 Å². The lowest BCUT2D eigenvalue weighted by atomic mass is 9.91. The van der Waals surface area contributed by atoms with E-state index in [0.29, 0.717) is 18.9 Å². The highest BCUT2D eigenvalue weighted by Gasteiger charge is 2.46. The number of carbonyl (C=O) groups is 2. The van der Waals surface area contributed by atoms with Crippen LogP contribution >= 0.6 is 0 Å². The van der Waals surface area contributed by atoms with Crippen molar-refractivity contribution in [1.82, 2.24) is 9.80 Å². The van der Waals surface area contributed by atoms with E-state index in [2.05, 4.69) is 0 Å². The van der Waals surface area contributed by atoms with Gasteiger partial charge in [-0.2, -0.15) is 0 Å². The predicted octanol–water partition coefficient (Wildman–Crippen LogP) is 1.85. The Hall–Kier alpha value is -2.08. The number of hydrogen-bond acceptors (Lipinski definition) is 4. The van der Waals surface area contributed by atoms with Crippen LogP contribution in [0, 0.1) is 5.92 Å². The molecule has 2 amide bonds. The number of nitrogens with zero attached hydrogens (tertiary/aromatic N) is 2. The van der Waals surface area contributed by atoms with Crippen molar-refractivity contribution in [2.45, 2.75) is 25.3 Å². The molecule has 2 atom stereocenters. The first-order chi connectivity index (χ1) is 12.2. The molecule has 0 aliphatic carbocycles. The molecule has 0 saturated carbocycles. The van der Waals surface area contributed by atoms with Crippen molar-refractivity contribution in [3.05, 3.63) is 29.8 Å². The Labute approximate surface area is 148 Å². The Morgan fingerprint density at radius 3 is 2.60 bits per heavy atom. The molecule has 0 radical (unpaired) electrons. The molecule has 6 heteroatoms. The highest BCUT2D eigenvalue weighted by atomic mass is 16.5. The van der Waals surface area contributed by atoms with Gasteiger partial charge in [-0.15, -0.1) is 0 Å². The normalized spacial score (nSPS) is 23.4. The van der Waals surface area contributed by atoms with Crippen LogP contribution in [0.4, 0.5) is 0 Å². The van der Waals surface area contributed by atoms with Crippen molar-refractivity contribution >= 4 is 11.8 Å². The number of ether oxygens (including phenoxy) is 2. The summed E-state index contributed by atoms with van der Waals surface area (Å²) in [5.41, 5.74) is 0.893. The summed E-state index contributed by atoms with van der Waals surface area (Å²) in [6.07, 6.45) is 2.33. The number of methoxy groups -OCH3 is 2. The van der Waals surface area contributed by atoms with Crippen LogP contribution in [0.1, 0.15) is 30.9 Å². The van der Waals surface area contributed by atoms with Crippen LogP contribution in [0.15, 0.2) is 24.3 Å². The number of rotatable bonds is 6. The topological polar surface area (TPSA) is 59.1 Å². The highest BCUT2D eigenvalue weighted by molar-refractivity contribution is 5.90. The molecule has 0 bridgehead atoms. The average Bonchev–Trinajstić information content (AvgIpc) is 3.27. The lowest BCUT2D eigenvalue weighted by Crippen LogP contribution is -2.38. The molecule has 0 unspecified atom stereocenters. The lowest BCUT2D eigenvalue weighted by Gasteiger charge is -2.30. The van der Waals surface area contributed by atoms with Crippen molar-refractivity contribution in [3.8, 4) is 5.75 Å². The molecule has 2 fully saturated rings. The van der Waals surface area contributed by atoms with Crippen LogP contribution in [0.2, 0.25) is 0 Å². The van der Waals surface area contributed by atoms with Gasteiger partial charge in [-0.05, 0) is 18.9 Å². The number of amides is 2. The smallest absolute Gasteiger partial charge is 0.228 e. The zero-order valence-electron chi connectivity index (χ0n) is 14.9. The second-order valence-corrected chi connectivity index (χ2v) is 6.61. The maximum Gasteiger partial charge on any atom is 0.228 e. The molecule has 2 saturated heterocycles. The number of carbonyl (C=O) groups excluding carboxylic acids is 2. The average molecular weight is 346 g/mol. The van der Waals surface area contributed by atoms with Crippen LogP contribution < -0.4 is 4.74 Å². The maximum atomic E-state index is 13.1. The van der Waals surface area contributed by atoms with Crippen molar-refractivity contribution in [2.75, 3.05) is 40.5 Å². The van der Waals surface area contributed by atoms with E-state index in [1.54, 1.807) is 19.1 Å². The lowest BCUT2D eigenvalue weighted by molar-refractivity contribution is -0.135. The molecule has 0 aromatic heterocycles. The molecule has 0 N–H and O–H groups in total. The standard InChI is InChI=1S/C19H26N2O4/c1-24-12-11-21-17(22)13-15(19(23)20-9-5-6-10-20)18(21)14-7-3-4-8-16(14)25-2/h3-4,7-8,15,18H,5-6,9-13H2,1-2H3/t15-,18+/m1/s1. The Morgan fingerprint density at radius 1 is 1.20 bits per heavy atom. The first-order valence-corrected chi connectivity index (χ1v) is 8.87. The van der Waals surface area contributed by atoms with E-state index in [1.807, 2.05) is 29.2 Å². The molecule has 2 heterocycles. The Balaban J connectivity index is 1.95. The third-order valence-corrected chi connectivity index (χ3v) is 5.16. The van der Waals surface area contributed by atoms with E-state index in [0.717, 1.165) is 31.5 Å². The summed E-state index contributed by atoms with van der Waals surface area (Å²) in [5.74, 6) is 0.440. The molecular weight excluding hydrogens is 320 g/mol. The van der Waals surface area contributed by atoms with E-state index in [4.69, 9.17) is 9.47 Å². The largest absolute Gasteiger partial charge is 0.496 e. The van der Waals surface area contributed by atoms with Gasteiger partial charge >= 0.3 is 0 Å². The molecule has 2 aliphatic heterocycles. The summed E-state index contributed by atoms with van der Waals surface area (Å²) < 4.78 is 10.7. The fourth-order valence-corrected chi connectivity index (χ4v) is 3.93. The summed E-state index contributed by atoms with van der Waals surface area (Å²) in [4.78, 5) is 29.4. The van der Waals surface area contributed by atoms with Crippen molar-refractivity contribution < 1.29 is 19.1 Å². The van der Waals surface area contributed by atoms with Gasteiger partial charge in [0.05, 0.1) is 25.7 Å². The molecule has 2 aliphatic rings. The van der Waals surface area contributed by atoms with Crippen molar-refractivity contribution in [3.63, 3.8) is 0 Å². The summed E-state index contributed by atoms with van der Waals surface area (Å²) >= 11 is 0. The van der Waals surface area contributed by atoms with Crippen molar-refractivity contribution in [2.24, 2.45) is 5.92 Å². The maximum absolute atomic E-state index is 13.1. The van der Waals surface area contributed by atoms with Gasteiger partial charge in [0.25, 0.3) is 0 Å². The number of benzene rings is 1. The summed E-state index contributed by atoms with van der Waals surface area (Å²) in [6.45, 7) is 2.50. The quantitative estimate of drug-likeness (QED) is 0.789. The molecule has 1 aromatic carbocycles. The first-order valence-electron chi connectivity index (χ1n) is 8.87. The molecule has 1 aromatic rings. The minimum atomic E-state index is -0.362. The number of likely N-dealkylation sites (tertiary alicyclic amines) is 2. The second kappa shape index (κ2) is 7.87. The van der Waals surface area contributed by atoms with Gasteiger partial charge in [-0.3, -0.25) is 9.59 Å². The van der Waals surface area contributed by atoms with Crippen LogP contribution in [0.25, 0.3) is 0 Å². The summed E-state index contributed by atoms with van der Waals surface area (Å²) in [6, 6.07) is 7.35. The molecule has 0 spiro atoms. The minimum absolute atomic E-state index is 0.00510. The number of hydrogen-bond donors (Lipinski definition) is 0. The van der Waals surface area contributed by atoms with Gasteiger partial charge < -0.3 is 19.3 Å². The fraction of sp³-hybridized carbons (Fsp3) is 0.579. The Bertz CT molecular complexity index is 628. The molecule has 25 heavy (non-hydrogen) atoms. The zero-order valence-corrected chi connectivity index (χ0v) is 14.9. The van der Waals surface area contributed by atoms with Gasteiger partial charge in [0.2, 0.25) is 11.8 Å². The molecule has 6 nitrogen and oxygen atoms in total. The van der Waals surface area contributed by atoms with E-state index < -0.39 is 0 Å². The number of para-hydroxylation sites is 1. The fourth-order valence-electron chi connectivity index (χ4n) is 3.93. The Kier molecular flexibility index (Phi) is 5.58. The van der Waals surface area contributed by atoms with E-state index >= 15 is 0 Å².